The zero-order valence-electron chi connectivity index (χ0n) is 12.5. The second kappa shape index (κ2) is 6.65. The maximum atomic E-state index is 13.9. The van der Waals surface area contributed by atoms with E-state index in [1.54, 1.807) is 0 Å². The second-order valence-corrected chi connectivity index (χ2v) is 6.58. The fraction of sp³-hybridized carbons (Fsp3) is 0.529. The molecule has 0 spiro atoms. The van der Waals surface area contributed by atoms with Gasteiger partial charge in [-0.05, 0) is 35.3 Å². The number of alkyl halides is 2. The van der Waals surface area contributed by atoms with Crippen molar-refractivity contribution in [2.45, 2.75) is 25.2 Å². The molecule has 1 aliphatic heterocycles. The molecule has 3 rings (SSSR count). The van der Waals surface area contributed by atoms with Crippen molar-refractivity contribution in [1.82, 2.24) is 10.2 Å². The topological polar surface area (TPSA) is 15.3 Å². The first-order valence-corrected chi connectivity index (χ1v) is 8.19. The summed E-state index contributed by atoms with van der Waals surface area (Å²) in [5.74, 6) is -2.57. The number of allylic oxidation sites excluding steroid dienone is 1. The van der Waals surface area contributed by atoms with Crippen LogP contribution in [0.5, 0.6) is 0 Å². The van der Waals surface area contributed by atoms with Crippen LogP contribution in [-0.4, -0.2) is 43.5 Å². The van der Waals surface area contributed by atoms with Gasteiger partial charge >= 0.3 is 0 Å². The molecular weight excluding hydrogens is 306 g/mol. The van der Waals surface area contributed by atoms with Crippen LogP contribution >= 0.6 is 11.6 Å². The van der Waals surface area contributed by atoms with Gasteiger partial charge in [-0.2, -0.15) is 0 Å². The zero-order valence-corrected chi connectivity index (χ0v) is 13.3. The largest absolute Gasteiger partial charge is 0.314 e. The summed E-state index contributed by atoms with van der Waals surface area (Å²) in [7, 11) is 0. The average molecular weight is 327 g/mol. The minimum absolute atomic E-state index is 0.0595. The van der Waals surface area contributed by atoms with Crippen molar-refractivity contribution in [3.8, 4) is 0 Å². The minimum Gasteiger partial charge on any atom is -0.314 e. The first-order valence-electron chi connectivity index (χ1n) is 7.81. The molecule has 0 aromatic heterocycles. The summed E-state index contributed by atoms with van der Waals surface area (Å²) in [6.45, 7) is 4.35. The van der Waals surface area contributed by atoms with Gasteiger partial charge in [-0.25, -0.2) is 8.78 Å². The van der Waals surface area contributed by atoms with Crippen LogP contribution in [0.3, 0.4) is 0 Å². The van der Waals surface area contributed by atoms with Crippen LogP contribution in [0.1, 0.15) is 24.8 Å². The quantitative estimate of drug-likeness (QED) is 0.908. The van der Waals surface area contributed by atoms with Crippen molar-refractivity contribution in [2.24, 2.45) is 0 Å². The Kier molecular flexibility index (Phi) is 4.81. The van der Waals surface area contributed by atoms with Gasteiger partial charge in [0.15, 0.2) is 0 Å². The molecule has 0 saturated carbocycles. The van der Waals surface area contributed by atoms with Crippen LogP contribution in [0.15, 0.2) is 29.8 Å². The molecule has 1 heterocycles. The summed E-state index contributed by atoms with van der Waals surface area (Å²) in [4.78, 5) is 2.27. The van der Waals surface area contributed by atoms with Gasteiger partial charge in [-0.1, -0.05) is 23.7 Å². The highest BCUT2D eigenvalue weighted by Crippen LogP contribution is 2.41. The summed E-state index contributed by atoms with van der Waals surface area (Å²) < 4.78 is 27.8. The molecule has 22 heavy (non-hydrogen) atoms. The van der Waals surface area contributed by atoms with E-state index in [0.717, 1.165) is 42.9 Å². The Bertz CT molecular complexity index is 548. The van der Waals surface area contributed by atoms with Crippen molar-refractivity contribution in [3.05, 3.63) is 40.4 Å². The average Bonchev–Trinajstić information content (AvgIpc) is 2.49. The molecule has 120 valence electrons. The third-order valence-corrected chi connectivity index (χ3v) is 4.71. The molecule has 0 atom stereocenters. The first-order chi connectivity index (χ1) is 10.5. The SMILES string of the molecule is FC1(F)CCC(c2ccc(Cl)cc2)=C(CN2CCNCC2)C1. The van der Waals surface area contributed by atoms with Crippen LogP contribution in [0.4, 0.5) is 8.78 Å². The van der Waals surface area contributed by atoms with Gasteiger partial charge in [0, 0.05) is 50.6 Å². The normalized spacial score (nSPS) is 22.9. The molecule has 1 aliphatic carbocycles. The number of rotatable bonds is 3. The predicted molar refractivity (Wildman–Crippen MR) is 86.5 cm³/mol. The molecule has 1 N–H and O–H groups in total. The Morgan fingerprint density at radius 1 is 1.14 bits per heavy atom. The van der Waals surface area contributed by atoms with Crippen molar-refractivity contribution < 1.29 is 8.78 Å². The Morgan fingerprint density at radius 3 is 2.50 bits per heavy atom. The summed E-state index contributed by atoms with van der Waals surface area (Å²) in [6.07, 6.45) is 0.265. The van der Waals surface area contributed by atoms with Gasteiger partial charge in [-0.3, -0.25) is 4.90 Å². The van der Waals surface area contributed by atoms with Crippen molar-refractivity contribution in [1.29, 1.82) is 0 Å². The van der Waals surface area contributed by atoms with Crippen molar-refractivity contribution >= 4 is 17.2 Å². The van der Waals surface area contributed by atoms with Crippen LogP contribution < -0.4 is 5.32 Å². The highest BCUT2D eigenvalue weighted by atomic mass is 35.5. The highest BCUT2D eigenvalue weighted by molar-refractivity contribution is 6.30. The number of piperazine rings is 1. The lowest BCUT2D eigenvalue weighted by Gasteiger charge is -2.33. The monoisotopic (exact) mass is 326 g/mol. The first kappa shape index (κ1) is 15.9. The van der Waals surface area contributed by atoms with E-state index < -0.39 is 5.92 Å². The summed E-state index contributed by atoms with van der Waals surface area (Å²) in [5.41, 5.74) is 3.01. The van der Waals surface area contributed by atoms with E-state index in [2.05, 4.69) is 10.2 Å². The van der Waals surface area contributed by atoms with Gasteiger partial charge < -0.3 is 5.32 Å². The molecular formula is C17H21ClF2N2. The van der Waals surface area contributed by atoms with E-state index in [-0.39, 0.29) is 12.8 Å². The molecule has 5 heteroatoms. The third kappa shape index (κ3) is 3.86. The minimum atomic E-state index is -2.57. The molecule has 0 amide bonds. The number of nitrogens with one attached hydrogen (secondary N) is 1. The predicted octanol–water partition coefficient (Wildman–Crippen LogP) is 3.82. The Morgan fingerprint density at radius 2 is 1.82 bits per heavy atom. The van der Waals surface area contributed by atoms with Gasteiger partial charge in [0.1, 0.15) is 0 Å². The van der Waals surface area contributed by atoms with Crippen molar-refractivity contribution in [2.75, 3.05) is 32.7 Å². The number of hydrogen-bond donors (Lipinski definition) is 1. The molecule has 1 saturated heterocycles. The van der Waals surface area contributed by atoms with E-state index in [1.165, 1.54) is 0 Å². The van der Waals surface area contributed by atoms with Gasteiger partial charge in [0.25, 0.3) is 5.92 Å². The molecule has 2 aliphatic rings. The number of benzene rings is 1. The number of halogens is 3. The van der Waals surface area contributed by atoms with E-state index in [4.69, 9.17) is 11.6 Å². The second-order valence-electron chi connectivity index (χ2n) is 6.15. The van der Waals surface area contributed by atoms with Crippen LogP contribution in [0.25, 0.3) is 5.57 Å². The number of nitrogens with zero attached hydrogens (tertiary/aromatic N) is 1. The van der Waals surface area contributed by atoms with E-state index in [1.807, 2.05) is 24.3 Å². The maximum Gasteiger partial charge on any atom is 0.252 e. The standard InChI is InChI=1S/C17H21ClF2N2/c18-15-3-1-13(2-4-15)16-5-6-17(19,20)11-14(16)12-22-9-7-21-8-10-22/h1-4,21H,5-12H2. The lowest BCUT2D eigenvalue weighted by molar-refractivity contribution is -0.0109. The van der Waals surface area contributed by atoms with E-state index in [9.17, 15) is 8.78 Å². The van der Waals surface area contributed by atoms with Crippen LogP contribution in [0, 0.1) is 0 Å². The summed E-state index contributed by atoms with van der Waals surface area (Å²) in [5, 5.41) is 3.97. The van der Waals surface area contributed by atoms with Gasteiger partial charge in [-0.15, -0.1) is 0 Å². The summed E-state index contributed by atoms with van der Waals surface area (Å²) >= 11 is 5.94. The Hall–Kier alpha value is -0.970. The molecule has 0 radical (unpaired) electrons. The molecule has 1 aromatic carbocycles. The van der Waals surface area contributed by atoms with Gasteiger partial charge in [0.05, 0.1) is 0 Å². The zero-order chi connectivity index (χ0) is 15.6. The Balaban J connectivity index is 1.87. The van der Waals surface area contributed by atoms with Crippen LogP contribution in [-0.2, 0) is 0 Å². The van der Waals surface area contributed by atoms with Gasteiger partial charge in [0.2, 0.25) is 0 Å². The maximum absolute atomic E-state index is 13.9. The lowest BCUT2D eigenvalue weighted by Crippen LogP contribution is -2.44. The Labute approximate surface area is 135 Å². The third-order valence-electron chi connectivity index (χ3n) is 4.46. The number of hydrogen-bond acceptors (Lipinski definition) is 2. The van der Waals surface area contributed by atoms with Crippen molar-refractivity contribution in [3.63, 3.8) is 0 Å². The smallest absolute Gasteiger partial charge is 0.252 e. The molecule has 1 fully saturated rings. The molecule has 0 bridgehead atoms. The van der Waals surface area contributed by atoms with E-state index >= 15 is 0 Å². The fourth-order valence-corrected chi connectivity index (χ4v) is 3.41. The molecule has 2 nitrogen and oxygen atoms in total. The van der Waals surface area contributed by atoms with Crippen LogP contribution in [0.2, 0.25) is 5.02 Å². The summed E-state index contributed by atoms with van der Waals surface area (Å²) in [6, 6.07) is 7.55. The molecule has 1 aromatic rings. The molecule has 0 unspecified atom stereocenters. The highest BCUT2D eigenvalue weighted by Gasteiger charge is 2.36. The fourth-order valence-electron chi connectivity index (χ4n) is 3.28. The van der Waals surface area contributed by atoms with E-state index in [0.29, 0.717) is 18.0 Å². The lowest BCUT2D eigenvalue weighted by atomic mass is 9.85.